The topological polar surface area (TPSA) is 83.5 Å². The van der Waals surface area contributed by atoms with Crippen LogP contribution in [0.15, 0.2) is 58.3 Å². The van der Waals surface area contributed by atoms with Crippen LogP contribution in [0.2, 0.25) is 0 Å². The summed E-state index contributed by atoms with van der Waals surface area (Å²) in [6.07, 6.45) is 0.799. The smallest absolute Gasteiger partial charge is 0.261 e. The lowest BCUT2D eigenvalue weighted by atomic mass is 10.1. The van der Waals surface area contributed by atoms with Crippen molar-refractivity contribution in [1.29, 1.82) is 0 Å². The highest BCUT2D eigenvalue weighted by atomic mass is 32.2. The van der Waals surface area contributed by atoms with Crippen molar-refractivity contribution in [2.24, 2.45) is 0 Å². The highest BCUT2D eigenvalue weighted by molar-refractivity contribution is 7.92. The third-order valence-corrected chi connectivity index (χ3v) is 7.53. The molecule has 0 unspecified atom stereocenters. The van der Waals surface area contributed by atoms with Gasteiger partial charge in [0.05, 0.1) is 9.79 Å². The first-order valence-electron chi connectivity index (χ1n) is 8.46. The predicted octanol–water partition coefficient (Wildman–Crippen LogP) is 3.08. The molecule has 8 heteroatoms. The average molecular weight is 397 g/mol. The van der Waals surface area contributed by atoms with Crippen LogP contribution >= 0.6 is 0 Å². The van der Waals surface area contributed by atoms with Crippen molar-refractivity contribution in [2.75, 3.05) is 17.8 Å². The summed E-state index contributed by atoms with van der Waals surface area (Å²) in [7, 11) is -7.40. The second-order valence-electron chi connectivity index (χ2n) is 5.72. The lowest BCUT2D eigenvalue weighted by molar-refractivity contribution is 0.445. The number of hydrogen-bond donors (Lipinski definition) is 1. The first-order valence-corrected chi connectivity index (χ1v) is 11.4. The van der Waals surface area contributed by atoms with Gasteiger partial charge in [0.1, 0.15) is 0 Å². The summed E-state index contributed by atoms with van der Waals surface area (Å²) in [5.41, 5.74) is 1.50. The van der Waals surface area contributed by atoms with Crippen LogP contribution in [-0.2, 0) is 26.5 Å². The van der Waals surface area contributed by atoms with Crippen molar-refractivity contribution in [1.82, 2.24) is 4.31 Å². The summed E-state index contributed by atoms with van der Waals surface area (Å²) < 4.78 is 53.9. The highest BCUT2D eigenvalue weighted by Gasteiger charge is 2.22. The molecule has 6 nitrogen and oxygen atoms in total. The largest absolute Gasteiger partial charge is 0.280 e. The van der Waals surface area contributed by atoms with E-state index in [9.17, 15) is 16.8 Å². The molecular formula is C18H24N2O4S2. The number of aryl methyl sites for hydroxylation is 1. The predicted molar refractivity (Wildman–Crippen MR) is 103 cm³/mol. The summed E-state index contributed by atoms with van der Waals surface area (Å²) >= 11 is 0. The lowest BCUT2D eigenvalue weighted by Crippen LogP contribution is -2.30. The highest BCUT2D eigenvalue weighted by Crippen LogP contribution is 2.21. The van der Waals surface area contributed by atoms with Gasteiger partial charge in [-0.25, -0.2) is 16.8 Å². The maximum absolute atomic E-state index is 12.5. The average Bonchev–Trinajstić information content (AvgIpc) is 2.62. The summed E-state index contributed by atoms with van der Waals surface area (Å²) in [6, 6.07) is 12.4. The number of nitrogens with one attached hydrogen (secondary N) is 1. The molecule has 0 radical (unpaired) electrons. The standard InChI is InChI=1S/C18H24N2O4S2/c1-4-15-8-7-9-16(14-15)19-25(21,22)17-10-12-18(13-11-17)26(23,24)20(5-2)6-3/h7-14,19H,4-6H2,1-3H3. The van der Waals surface area contributed by atoms with Crippen LogP contribution < -0.4 is 4.72 Å². The van der Waals surface area contributed by atoms with Crippen molar-refractivity contribution in [3.8, 4) is 0 Å². The molecule has 0 aromatic heterocycles. The molecule has 142 valence electrons. The van der Waals surface area contributed by atoms with Gasteiger partial charge in [0, 0.05) is 18.8 Å². The third-order valence-electron chi connectivity index (χ3n) is 4.06. The van der Waals surface area contributed by atoms with E-state index in [0.29, 0.717) is 18.8 Å². The SMILES string of the molecule is CCc1cccc(NS(=O)(=O)c2ccc(S(=O)(=O)N(CC)CC)cc2)c1. The van der Waals surface area contributed by atoms with E-state index < -0.39 is 20.0 Å². The minimum Gasteiger partial charge on any atom is -0.280 e. The van der Waals surface area contributed by atoms with E-state index in [1.807, 2.05) is 13.0 Å². The molecule has 0 aliphatic rings. The van der Waals surface area contributed by atoms with Crippen LogP contribution in [-0.4, -0.2) is 34.2 Å². The van der Waals surface area contributed by atoms with E-state index in [2.05, 4.69) is 4.72 Å². The van der Waals surface area contributed by atoms with Gasteiger partial charge in [-0.1, -0.05) is 32.9 Å². The number of benzene rings is 2. The van der Waals surface area contributed by atoms with Crippen molar-refractivity contribution in [2.45, 2.75) is 37.0 Å². The van der Waals surface area contributed by atoms with Gasteiger partial charge in [-0.2, -0.15) is 4.31 Å². The van der Waals surface area contributed by atoms with E-state index >= 15 is 0 Å². The Labute approximate surface area is 156 Å². The van der Waals surface area contributed by atoms with Gasteiger partial charge >= 0.3 is 0 Å². The Kier molecular flexibility index (Phi) is 6.44. The van der Waals surface area contributed by atoms with Crippen LogP contribution in [0.4, 0.5) is 5.69 Å². The Morgan fingerprint density at radius 2 is 1.42 bits per heavy atom. The Morgan fingerprint density at radius 3 is 1.96 bits per heavy atom. The third kappa shape index (κ3) is 4.44. The van der Waals surface area contributed by atoms with E-state index in [1.54, 1.807) is 32.0 Å². The monoisotopic (exact) mass is 396 g/mol. The van der Waals surface area contributed by atoms with Gasteiger partial charge in [0.25, 0.3) is 10.0 Å². The van der Waals surface area contributed by atoms with Crippen molar-refractivity contribution in [3.05, 3.63) is 54.1 Å². The van der Waals surface area contributed by atoms with Crippen LogP contribution in [0.5, 0.6) is 0 Å². The molecule has 2 aromatic rings. The molecule has 26 heavy (non-hydrogen) atoms. The fraction of sp³-hybridized carbons (Fsp3) is 0.333. The molecule has 0 aliphatic heterocycles. The first-order chi connectivity index (χ1) is 12.2. The molecule has 0 fully saturated rings. The van der Waals surface area contributed by atoms with Gasteiger partial charge in [-0.15, -0.1) is 0 Å². The summed E-state index contributed by atoms with van der Waals surface area (Å²) in [6.45, 7) is 6.22. The van der Waals surface area contributed by atoms with Crippen molar-refractivity contribution in [3.63, 3.8) is 0 Å². The number of hydrogen-bond acceptors (Lipinski definition) is 4. The van der Waals surface area contributed by atoms with Gasteiger partial charge in [0.2, 0.25) is 10.0 Å². The van der Waals surface area contributed by atoms with Gasteiger partial charge in [-0.3, -0.25) is 4.72 Å². The molecule has 0 spiro atoms. The molecule has 0 heterocycles. The first kappa shape index (κ1) is 20.4. The molecule has 0 bridgehead atoms. The van der Waals surface area contributed by atoms with Crippen molar-refractivity contribution >= 4 is 25.7 Å². The zero-order valence-electron chi connectivity index (χ0n) is 15.1. The van der Waals surface area contributed by atoms with Gasteiger partial charge < -0.3 is 0 Å². The Hall–Kier alpha value is -1.90. The Balaban J connectivity index is 2.29. The minimum atomic E-state index is -3.79. The molecule has 2 aromatic carbocycles. The maximum Gasteiger partial charge on any atom is 0.261 e. The molecule has 0 saturated carbocycles. The van der Waals surface area contributed by atoms with Crippen molar-refractivity contribution < 1.29 is 16.8 Å². The fourth-order valence-corrected chi connectivity index (χ4v) is 5.08. The summed E-state index contributed by atoms with van der Waals surface area (Å²) in [5, 5.41) is 0. The van der Waals surface area contributed by atoms with Gasteiger partial charge in [-0.05, 0) is 48.4 Å². The zero-order chi connectivity index (χ0) is 19.4. The van der Waals surface area contributed by atoms with E-state index in [0.717, 1.165) is 12.0 Å². The normalized spacial score (nSPS) is 12.3. The van der Waals surface area contributed by atoms with Crippen LogP contribution in [0.1, 0.15) is 26.3 Å². The molecule has 0 amide bonds. The number of nitrogens with zero attached hydrogens (tertiary/aromatic N) is 1. The van der Waals surface area contributed by atoms with Gasteiger partial charge in [0.15, 0.2) is 0 Å². The molecule has 0 aliphatic carbocycles. The molecule has 0 atom stereocenters. The second-order valence-corrected chi connectivity index (χ2v) is 9.34. The second kappa shape index (κ2) is 8.20. The van der Waals surface area contributed by atoms with Crippen LogP contribution in [0.3, 0.4) is 0 Å². The minimum absolute atomic E-state index is 0.0119. The summed E-state index contributed by atoms with van der Waals surface area (Å²) in [5.74, 6) is 0. The quantitative estimate of drug-likeness (QED) is 0.743. The fourth-order valence-electron chi connectivity index (χ4n) is 2.57. The summed E-state index contributed by atoms with van der Waals surface area (Å²) in [4.78, 5) is 0.0889. The Morgan fingerprint density at radius 1 is 0.846 bits per heavy atom. The molecular weight excluding hydrogens is 372 g/mol. The molecule has 0 saturated heterocycles. The maximum atomic E-state index is 12.5. The van der Waals surface area contributed by atoms with E-state index in [-0.39, 0.29) is 9.79 Å². The number of rotatable bonds is 8. The Bertz CT molecular complexity index is 949. The van der Waals surface area contributed by atoms with Crippen LogP contribution in [0.25, 0.3) is 0 Å². The van der Waals surface area contributed by atoms with E-state index in [4.69, 9.17) is 0 Å². The zero-order valence-corrected chi connectivity index (χ0v) is 16.8. The van der Waals surface area contributed by atoms with Crippen LogP contribution in [0, 0.1) is 0 Å². The lowest BCUT2D eigenvalue weighted by Gasteiger charge is -2.18. The molecule has 1 N–H and O–H groups in total. The van der Waals surface area contributed by atoms with E-state index in [1.165, 1.54) is 28.6 Å². The number of anilines is 1. The molecule has 2 rings (SSSR count). The number of sulfonamides is 2.